The first-order valence-electron chi connectivity index (χ1n) is 8.94. The molecule has 2 heterocycles. The quantitative estimate of drug-likeness (QED) is 0.725. The molecule has 0 bridgehead atoms. The van der Waals surface area contributed by atoms with Gasteiger partial charge in [0.1, 0.15) is 6.04 Å². The Bertz CT molecular complexity index is 844. The van der Waals surface area contributed by atoms with Crippen molar-refractivity contribution in [3.05, 3.63) is 50.2 Å². The van der Waals surface area contributed by atoms with Crippen LogP contribution in [0.3, 0.4) is 0 Å². The van der Waals surface area contributed by atoms with Gasteiger partial charge in [-0.3, -0.25) is 14.4 Å². The van der Waals surface area contributed by atoms with Crippen molar-refractivity contribution in [3.63, 3.8) is 0 Å². The highest BCUT2D eigenvalue weighted by Gasteiger charge is 2.28. The molecule has 1 aromatic heterocycles. The molecule has 0 aliphatic carbocycles. The number of aromatic nitrogens is 2. The molecule has 1 aliphatic heterocycles. The average molecular weight is 430 g/mol. The molecule has 5 nitrogen and oxygen atoms in total. The van der Waals surface area contributed by atoms with E-state index in [2.05, 4.69) is 10.00 Å². The number of rotatable bonds is 4. The Morgan fingerprint density at radius 2 is 1.78 bits per heavy atom. The number of benzene rings is 1. The number of piperazine rings is 1. The second kappa shape index (κ2) is 8.39. The molecule has 0 N–H and O–H groups in total. The second-order valence-electron chi connectivity index (χ2n) is 6.96. The zero-order valence-electron chi connectivity index (χ0n) is 15.7. The summed E-state index contributed by atoms with van der Waals surface area (Å²) < 4.78 is 1.72. The van der Waals surface area contributed by atoms with Crippen LogP contribution in [0.4, 0.5) is 0 Å². The molecule has 27 heavy (non-hydrogen) atoms. The van der Waals surface area contributed by atoms with Crippen LogP contribution in [0.5, 0.6) is 0 Å². The lowest BCUT2D eigenvalue weighted by molar-refractivity contribution is -0.136. The van der Waals surface area contributed by atoms with Gasteiger partial charge in [0.15, 0.2) is 0 Å². The maximum atomic E-state index is 12.9. The van der Waals surface area contributed by atoms with Crippen molar-refractivity contribution >= 4 is 40.7 Å². The fraction of sp³-hybridized carbons (Fsp3) is 0.474. The van der Waals surface area contributed by atoms with Crippen LogP contribution in [0.2, 0.25) is 15.1 Å². The molecule has 3 rings (SSSR count). The molecule has 0 saturated carbocycles. The molecule has 1 saturated heterocycles. The normalized spacial score (nSPS) is 16.6. The first-order valence-corrected chi connectivity index (χ1v) is 10.1. The van der Waals surface area contributed by atoms with Gasteiger partial charge in [0.05, 0.1) is 26.5 Å². The number of carbonyl (C=O) groups excluding carboxylic acids is 1. The van der Waals surface area contributed by atoms with Crippen molar-refractivity contribution in [2.75, 3.05) is 26.2 Å². The van der Waals surface area contributed by atoms with Crippen LogP contribution in [-0.4, -0.2) is 51.7 Å². The molecule has 1 aliphatic rings. The molecular weight excluding hydrogens is 407 g/mol. The SMILES string of the molecule is Cc1nn(C(C)C(=O)N2CCN(Cc3ccc(Cl)c(Cl)c3)CC2)c(C)c1Cl. The van der Waals surface area contributed by atoms with Gasteiger partial charge in [0.2, 0.25) is 5.91 Å². The highest BCUT2D eigenvalue weighted by atomic mass is 35.5. The highest BCUT2D eigenvalue weighted by Crippen LogP contribution is 2.25. The number of hydrogen-bond donors (Lipinski definition) is 0. The predicted molar refractivity (Wildman–Crippen MR) is 110 cm³/mol. The molecule has 146 valence electrons. The van der Waals surface area contributed by atoms with E-state index in [-0.39, 0.29) is 11.9 Å². The number of nitrogens with zero attached hydrogens (tertiary/aromatic N) is 4. The van der Waals surface area contributed by atoms with Crippen LogP contribution in [0, 0.1) is 13.8 Å². The van der Waals surface area contributed by atoms with E-state index in [0.29, 0.717) is 28.2 Å². The van der Waals surface area contributed by atoms with E-state index in [1.165, 1.54) is 0 Å². The van der Waals surface area contributed by atoms with E-state index in [0.717, 1.165) is 36.6 Å². The summed E-state index contributed by atoms with van der Waals surface area (Å²) in [5.74, 6) is 0.0754. The summed E-state index contributed by atoms with van der Waals surface area (Å²) in [5.41, 5.74) is 2.70. The molecule has 0 radical (unpaired) electrons. The predicted octanol–water partition coefficient (Wildman–Crippen LogP) is 4.37. The van der Waals surface area contributed by atoms with Crippen molar-refractivity contribution in [1.82, 2.24) is 19.6 Å². The fourth-order valence-corrected chi connectivity index (χ4v) is 3.86. The van der Waals surface area contributed by atoms with Crippen molar-refractivity contribution in [1.29, 1.82) is 0 Å². The first-order chi connectivity index (χ1) is 12.8. The summed E-state index contributed by atoms with van der Waals surface area (Å²) in [6.45, 7) is 9.43. The Balaban J connectivity index is 1.58. The zero-order chi connectivity index (χ0) is 19.7. The summed E-state index contributed by atoms with van der Waals surface area (Å²) in [5, 5.41) is 6.17. The van der Waals surface area contributed by atoms with Gasteiger partial charge in [-0.2, -0.15) is 5.10 Å². The van der Waals surface area contributed by atoms with E-state index >= 15 is 0 Å². The smallest absolute Gasteiger partial charge is 0.247 e. The van der Waals surface area contributed by atoms with Crippen LogP contribution in [0.15, 0.2) is 18.2 Å². The first kappa shape index (κ1) is 20.5. The molecule has 1 atom stereocenters. The molecule has 1 amide bonds. The number of halogens is 3. The van der Waals surface area contributed by atoms with E-state index in [1.807, 2.05) is 43.9 Å². The molecule has 2 aromatic rings. The number of hydrogen-bond acceptors (Lipinski definition) is 3. The van der Waals surface area contributed by atoms with Crippen molar-refractivity contribution in [2.45, 2.75) is 33.4 Å². The van der Waals surface area contributed by atoms with Crippen molar-refractivity contribution < 1.29 is 4.79 Å². The number of carbonyl (C=O) groups is 1. The second-order valence-corrected chi connectivity index (χ2v) is 8.15. The van der Waals surface area contributed by atoms with Crippen LogP contribution >= 0.6 is 34.8 Å². The summed E-state index contributed by atoms with van der Waals surface area (Å²) in [6.07, 6.45) is 0. The summed E-state index contributed by atoms with van der Waals surface area (Å²) >= 11 is 18.3. The third-order valence-electron chi connectivity index (χ3n) is 5.04. The monoisotopic (exact) mass is 428 g/mol. The topological polar surface area (TPSA) is 41.4 Å². The molecule has 1 aromatic carbocycles. The fourth-order valence-electron chi connectivity index (χ4n) is 3.41. The van der Waals surface area contributed by atoms with E-state index < -0.39 is 0 Å². The Morgan fingerprint density at radius 1 is 1.11 bits per heavy atom. The average Bonchev–Trinajstić information content (AvgIpc) is 2.91. The molecule has 8 heteroatoms. The van der Waals surface area contributed by atoms with Gasteiger partial charge in [-0.25, -0.2) is 0 Å². The highest BCUT2D eigenvalue weighted by molar-refractivity contribution is 6.42. The standard InChI is InChI=1S/C19H23Cl3N4O/c1-12-18(22)13(2)26(23-12)14(3)19(27)25-8-6-24(7-9-25)11-15-4-5-16(20)17(21)10-15/h4-5,10,14H,6-9,11H2,1-3H3. The van der Waals surface area contributed by atoms with Crippen LogP contribution in [0.1, 0.15) is 29.9 Å². The Morgan fingerprint density at radius 3 is 2.33 bits per heavy atom. The summed E-state index contributed by atoms with van der Waals surface area (Å²) in [4.78, 5) is 17.1. The van der Waals surface area contributed by atoms with Gasteiger partial charge in [-0.1, -0.05) is 40.9 Å². The Labute approximate surface area is 174 Å². The van der Waals surface area contributed by atoms with Crippen molar-refractivity contribution in [2.24, 2.45) is 0 Å². The minimum atomic E-state index is -0.363. The maximum Gasteiger partial charge on any atom is 0.247 e. The van der Waals surface area contributed by atoms with Gasteiger partial charge in [-0.05, 0) is 38.5 Å². The minimum absolute atomic E-state index is 0.0754. The molecule has 1 unspecified atom stereocenters. The molecule has 1 fully saturated rings. The van der Waals surface area contributed by atoms with Gasteiger partial charge in [0, 0.05) is 32.7 Å². The summed E-state index contributed by atoms with van der Waals surface area (Å²) in [7, 11) is 0. The van der Waals surface area contributed by atoms with Gasteiger partial charge in [0.25, 0.3) is 0 Å². The lowest BCUT2D eigenvalue weighted by Crippen LogP contribution is -2.50. The van der Waals surface area contributed by atoms with Gasteiger partial charge >= 0.3 is 0 Å². The van der Waals surface area contributed by atoms with Crippen LogP contribution < -0.4 is 0 Å². The van der Waals surface area contributed by atoms with Crippen LogP contribution in [-0.2, 0) is 11.3 Å². The zero-order valence-corrected chi connectivity index (χ0v) is 17.9. The Kier molecular flexibility index (Phi) is 6.36. The van der Waals surface area contributed by atoms with Crippen LogP contribution in [0.25, 0.3) is 0 Å². The van der Waals surface area contributed by atoms with E-state index in [4.69, 9.17) is 34.8 Å². The lowest BCUT2D eigenvalue weighted by atomic mass is 10.2. The number of aryl methyl sites for hydroxylation is 1. The van der Waals surface area contributed by atoms with Gasteiger partial charge in [-0.15, -0.1) is 0 Å². The third-order valence-corrected chi connectivity index (χ3v) is 6.32. The Hall–Kier alpha value is -1.27. The van der Waals surface area contributed by atoms with Crippen molar-refractivity contribution in [3.8, 4) is 0 Å². The maximum absolute atomic E-state index is 12.9. The largest absolute Gasteiger partial charge is 0.338 e. The van der Waals surface area contributed by atoms with Gasteiger partial charge < -0.3 is 4.90 Å². The molecule has 0 spiro atoms. The summed E-state index contributed by atoms with van der Waals surface area (Å²) in [6, 6.07) is 5.34. The number of amides is 1. The third kappa shape index (κ3) is 4.43. The van der Waals surface area contributed by atoms with E-state index in [1.54, 1.807) is 4.68 Å². The lowest BCUT2D eigenvalue weighted by Gasteiger charge is -2.36. The molecular formula is C19H23Cl3N4O. The minimum Gasteiger partial charge on any atom is -0.338 e. The van der Waals surface area contributed by atoms with E-state index in [9.17, 15) is 4.79 Å².